The number of rotatable bonds is 8. The number of hydrogen-bond donors (Lipinski definition) is 1. The van der Waals surface area contributed by atoms with Crippen molar-refractivity contribution < 1.29 is 4.74 Å². The highest BCUT2D eigenvalue weighted by Gasteiger charge is 2.23. The Hall–Kier alpha value is -0.450. The molecule has 0 saturated heterocycles. The lowest BCUT2D eigenvalue weighted by Gasteiger charge is -2.27. The van der Waals surface area contributed by atoms with Gasteiger partial charge in [0, 0.05) is 38.2 Å². The zero-order valence-electron chi connectivity index (χ0n) is 10.5. The maximum Gasteiger partial charge on any atom is 0.0930 e. The fourth-order valence-electron chi connectivity index (χ4n) is 1.58. The van der Waals surface area contributed by atoms with Crippen LogP contribution in [0.5, 0.6) is 0 Å². The van der Waals surface area contributed by atoms with Gasteiger partial charge in [0.25, 0.3) is 0 Å². The smallest absolute Gasteiger partial charge is 0.0930 e. The van der Waals surface area contributed by atoms with Crippen molar-refractivity contribution in [1.82, 2.24) is 10.3 Å². The lowest BCUT2D eigenvalue weighted by molar-refractivity contribution is 0.191. The molecule has 4 heteroatoms. The molecule has 0 saturated carbocycles. The third-order valence-electron chi connectivity index (χ3n) is 2.95. The first-order valence-corrected chi connectivity index (χ1v) is 6.66. The largest absolute Gasteiger partial charge is 0.383 e. The second-order valence-electron chi connectivity index (χ2n) is 4.44. The summed E-state index contributed by atoms with van der Waals surface area (Å²) in [6.07, 6.45) is 4.10. The molecule has 0 amide bonds. The fraction of sp³-hybridized carbons (Fsp3) is 0.750. The van der Waals surface area contributed by atoms with Crippen LogP contribution in [0.15, 0.2) is 11.6 Å². The van der Waals surface area contributed by atoms with Gasteiger partial charge in [-0.25, -0.2) is 4.98 Å². The standard InChI is InChI=1S/C12H22N2OS/c1-4-12(2,10-13-5-7-15-3)9-11-14-6-8-16-11/h6,8,13H,4-5,7,9-10H2,1-3H3. The third-order valence-corrected chi connectivity index (χ3v) is 3.73. The Balaban J connectivity index is 2.37. The summed E-state index contributed by atoms with van der Waals surface area (Å²) in [4.78, 5) is 4.36. The summed E-state index contributed by atoms with van der Waals surface area (Å²) >= 11 is 1.75. The van der Waals surface area contributed by atoms with Gasteiger partial charge in [0.15, 0.2) is 0 Å². The lowest BCUT2D eigenvalue weighted by atomic mass is 9.84. The van der Waals surface area contributed by atoms with E-state index in [0.29, 0.717) is 5.41 Å². The zero-order chi connectivity index (χ0) is 11.9. The van der Waals surface area contributed by atoms with E-state index < -0.39 is 0 Å². The van der Waals surface area contributed by atoms with Crippen molar-refractivity contribution in [3.8, 4) is 0 Å². The Morgan fingerprint density at radius 3 is 2.94 bits per heavy atom. The molecule has 0 spiro atoms. The summed E-state index contributed by atoms with van der Waals surface area (Å²) in [5.41, 5.74) is 0.297. The molecule has 1 heterocycles. The van der Waals surface area contributed by atoms with Gasteiger partial charge in [-0.15, -0.1) is 11.3 Å². The first kappa shape index (κ1) is 13.6. The van der Waals surface area contributed by atoms with Crippen LogP contribution in [0.25, 0.3) is 0 Å². The van der Waals surface area contributed by atoms with E-state index in [1.807, 2.05) is 11.6 Å². The van der Waals surface area contributed by atoms with E-state index in [1.165, 1.54) is 5.01 Å². The Morgan fingerprint density at radius 1 is 1.56 bits per heavy atom. The molecule has 0 aliphatic heterocycles. The van der Waals surface area contributed by atoms with Crippen molar-refractivity contribution in [2.45, 2.75) is 26.7 Å². The molecule has 0 bridgehead atoms. The van der Waals surface area contributed by atoms with E-state index in [1.54, 1.807) is 18.4 Å². The lowest BCUT2D eigenvalue weighted by Crippen LogP contribution is -2.34. The molecule has 0 radical (unpaired) electrons. The molecule has 0 fully saturated rings. The van der Waals surface area contributed by atoms with Crippen LogP contribution in [0.3, 0.4) is 0 Å². The second kappa shape index (κ2) is 6.99. The van der Waals surface area contributed by atoms with Crippen LogP contribution in [0, 0.1) is 5.41 Å². The van der Waals surface area contributed by atoms with Crippen LogP contribution in [-0.2, 0) is 11.2 Å². The van der Waals surface area contributed by atoms with Crippen LogP contribution in [0.1, 0.15) is 25.3 Å². The predicted octanol–water partition coefficient (Wildman–Crippen LogP) is 2.34. The molecular weight excluding hydrogens is 220 g/mol. The van der Waals surface area contributed by atoms with Crippen molar-refractivity contribution in [2.24, 2.45) is 5.41 Å². The van der Waals surface area contributed by atoms with Crippen LogP contribution in [0.2, 0.25) is 0 Å². The highest BCUT2D eigenvalue weighted by molar-refractivity contribution is 7.09. The molecule has 1 aromatic heterocycles. The summed E-state index contributed by atoms with van der Waals surface area (Å²) in [6, 6.07) is 0. The van der Waals surface area contributed by atoms with Gasteiger partial charge in [0.05, 0.1) is 11.6 Å². The van der Waals surface area contributed by atoms with Crippen molar-refractivity contribution >= 4 is 11.3 Å². The van der Waals surface area contributed by atoms with Crippen LogP contribution in [0.4, 0.5) is 0 Å². The van der Waals surface area contributed by atoms with E-state index in [0.717, 1.165) is 32.5 Å². The van der Waals surface area contributed by atoms with Crippen molar-refractivity contribution in [1.29, 1.82) is 0 Å². The van der Waals surface area contributed by atoms with Crippen LogP contribution >= 0.6 is 11.3 Å². The Morgan fingerprint density at radius 2 is 2.38 bits per heavy atom. The van der Waals surface area contributed by atoms with Gasteiger partial charge in [-0.1, -0.05) is 13.8 Å². The molecule has 0 aliphatic carbocycles. The molecule has 1 unspecified atom stereocenters. The molecule has 1 atom stereocenters. The molecular formula is C12H22N2OS. The van der Waals surface area contributed by atoms with Crippen molar-refractivity contribution in [2.75, 3.05) is 26.8 Å². The Bertz CT molecular complexity index is 277. The number of hydrogen-bond acceptors (Lipinski definition) is 4. The summed E-state index contributed by atoms with van der Waals surface area (Å²) in [5, 5.41) is 6.72. The molecule has 3 nitrogen and oxygen atoms in total. The molecule has 92 valence electrons. The number of thiazole rings is 1. The van der Waals surface area contributed by atoms with E-state index in [4.69, 9.17) is 4.74 Å². The van der Waals surface area contributed by atoms with Crippen LogP contribution < -0.4 is 5.32 Å². The van der Waals surface area contributed by atoms with Crippen molar-refractivity contribution in [3.63, 3.8) is 0 Å². The van der Waals surface area contributed by atoms with Gasteiger partial charge >= 0.3 is 0 Å². The number of ether oxygens (including phenoxy) is 1. The second-order valence-corrected chi connectivity index (χ2v) is 5.42. The summed E-state index contributed by atoms with van der Waals surface area (Å²) in [6.45, 7) is 7.27. The summed E-state index contributed by atoms with van der Waals surface area (Å²) in [5.74, 6) is 0. The zero-order valence-corrected chi connectivity index (χ0v) is 11.3. The minimum absolute atomic E-state index is 0.297. The quantitative estimate of drug-likeness (QED) is 0.711. The number of aromatic nitrogens is 1. The fourth-order valence-corrected chi connectivity index (χ4v) is 2.41. The minimum Gasteiger partial charge on any atom is -0.383 e. The average Bonchev–Trinajstić information content (AvgIpc) is 2.77. The first-order chi connectivity index (χ1) is 7.70. The van der Waals surface area contributed by atoms with Gasteiger partial charge in [-0.05, 0) is 11.8 Å². The predicted molar refractivity (Wildman–Crippen MR) is 69.0 cm³/mol. The number of nitrogens with zero attached hydrogens (tertiary/aromatic N) is 1. The third kappa shape index (κ3) is 4.60. The van der Waals surface area contributed by atoms with Crippen LogP contribution in [-0.4, -0.2) is 31.8 Å². The van der Waals surface area contributed by atoms with E-state index >= 15 is 0 Å². The maximum absolute atomic E-state index is 5.02. The van der Waals surface area contributed by atoms with E-state index in [2.05, 4.69) is 24.1 Å². The normalized spacial score (nSPS) is 14.9. The van der Waals surface area contributed by atoms with Gasteiger partial charge in [-0.2, -0.15) is 0 Å². The van der Waals surface area contributed by atoms with E-state index in [-0.39, 0.29) is 0 Å². The highest BCUT2D eigenvalue weighted by atomic mass is 32.1. The number of nitrogens with one attached hydrogen (secondary N) is 1. The Kier molecular flexibility index (Phi) is 5.95. The SMILES string of the molecule is CCC(C)(CNCCOC)Cc1nccs1. The molecule has 1 rings (SSSR count). The van der Waals surface area contributed by atoms with Gasteiger partial charge in [0.2, 0.25) is 0 Å². The van der Waals surface area contributed by atoms with Crippen molar-refractivity contribution in [3.05, 3.63) is 16.6 Å². The van der Waals surface area contributed by atoms with Gasteiger partial charge in [-0.3, -0.25) is 0 Å². The average molecular weight is 242 g/mol. The molecule has 1 N–H and O–H groups in total. The molecule has 16 heavy (non-hydrogen) atoms. The molecule has 1 aromatic rings. The first-order valence-electron chi connectivity index (χ1n) is 5.78. The Labute approximate surface area is 102 Å². The number of methoxy groups -OCH3 is 1. The monoisotopic (exact) mass is 242 g/mol. The van der Waals surface area contributed by atoms with Gasteiger partial charge in [0.1, 0.15) is 0 Å². The van der Waals surface area contributed by atoms with E-state index in [9.17, 15) is 0 Å². The molecule has 0 aliphatic rings. The van der Waals surface area contributed by atoms with Gasteiger partial charge < -0.3 is 10.1 Å². The maximum atomic E-state index is 5.02. The summed E-state index contributed by atoms with van der Waals surface area (Å²) < 4.78 is 5.02. The molecule has 0 aromatic carbocycles. The summed E-state index contributed by atoms with van der Waals surface area (Å²) in [7, 11) is 1.73. The minimum atomic E-state index is 0.297. The topological polar surface area (TPSA) is 34.1 Å². The highest BCUT2D eigenvalue weighted by Crippen LogP contribution is 2.26.